The van der Waals surface area contributed by atoms with Gasteiger partial charge >= 0.3 is 0 Å². The number of hydrogen-bond acceptors (Lipinski definition) is 3. The van der Waals surface area contributed by atoms with Gasteiger partial charge in [-0.25, -0.2) is 0 Å². The van der Waals surface area contributed by atoms with Crippen molar-refractivity contribution >= 4 is 11.6 Å². The van der Waals surface area contributed by atoms with Gasteiger partial charge in [0.15, 0.2) is 0 Å². The molecule has 0 saturated heterocycles. The zero-order valence-electron chi connectivity index (χ0n) is 13.3. The summed E-state index contributed by atoms with van der Waals surface area (Å²) in [6.07, 6.45) is 5.34. The van der Waals surface area contributed by atoms with Crippen LogP contribution in [0.15, 0.2) is 18.2 Å². The first-order chi connectivity index (χ1) is 10.0. The van der Waals surface area contributed by atoms with Crippen molar-refractivity contribution < 1.29 is 4.74 Å². The summed E-state index contributed by atoms with van der Waals surface area (Å²) in [6, 6.07) is 6.27. The summed E-state index contributed by atoms with van der Waals surface area (Å²) in [5.74, 6) is 6.53. The SMILES string of the molecule is COC1(C(Cc2ccc(C)cc2Cl)NN)CCCC(C)C1. The van der Waals surface area contributed by atoms with Gasteiger partial charge < -0.3 is 4.74 Å². The number of hydrogen-bond donors (Lipinski definition) is 2. The Morgan fingerprint density at radius 3 is 2.86 bits per heavy atom. The summed E-state index contributed by atoms with van der Waals surface area (Å²) >= 11 is 6.38. The van der Waals surface area contributed by atoms with E-state index in [9.17, 15) is 0 Å². The highest BCUT2D eigenvalue weighted by Gasteiger charge is 2.41. The van der Waals surface area contributed by atoms with E-state index in [0.29, 0.717) is 5.92 Å². The van der Waals surface area contributed by atoms with Crippen molar-refractivity contribution in [3.8, 4) is 0 Å². The van der Waals surface area contributed by atoms with Gasteiger partial charge in [0.1, 0.15) is 0 Å². The quantitative estimate of drug-likeness (QED) is 0.645. The van der Waals surface area contributed by atoms with Crippen LogP contribution in [0.25, 0.3) is 0 Å². The van der Waals surface area contributed by atoms with Gasteiger partial charge in [0.2, 0.25) is 0 Å². The van der Waals surface area contributed by atoms with Crippen molar-refractivity contribution in [2.45, 2.75) is 57.6 Å². The van der Waals surface area contributed by atoms with Crippen LogP contribution in [0.3, 0.4) is 0 Å². The highest BCUT2D eigenvalue weighted by Crippen LogP contribution is 2.38. The largest absolute Gasteiger partial charge is 0.377 e. The lowest BCUT2D eigenvalue weighted by molar-refractivity contribution is -0.0791. The minimum absolute atomic E-state index is 0.0745. The maximum atomic E-state index is 6.38. The minimum Gasteiger partial charge on any atom is -0.377 e. The molecule has 0 amide bonds. The molecule has 3 atom stereocenters. The van der Waals surface area contributed by atoms with Crippen LogP contribution in [0.1, 0.15) is 43.7 Å². The lowest BCUT2D eigenvalue weighted by atomic mass is 9.73. The van der Waals surface area contributed by atoms with E-state index in [-0.39, 0.29) is 11.6 Å². The fraction of sp³-hybridized carbons (Fsp3) is 0.647. The van der Waals surface area contributed by atoms with Crippen LogP contribution >= 0.6 is 11.6 Å². The second-order valence-electron chi connectivity index (χ2n) is 6.49. The summed E-state index contributed by atoms with van der Waals surface area (Å²) in [6.45, 7) is 4.34. The van der Waals surface area contributed by atoms with Gasteiger partial charge in [-0.3, -0.25) is 11.3 Å². The molecule has 2 rings (SSSR count). The standard InChI is InChI=1S/C17H27ClN2O/c1-12-6-7-14(15(18)9-12)10-16(20-19)17(21-3)8-4-5-13(2)11-17/h6-7,9,13,16,20H,4-5,8,10-11,19H2,1-3H3. The molecule has 1 aliphatic carbocycles. The fourth-order valence-electron chi connectivity index (χ4n) is 3.62. The number of aryl methyl sites for hydroxylation is 1. The van der Waals surface area contributed by atoms with Crippen LogP contribution in [-0.4, -0.2) is 18.8 Å². The van der Waals surface area contributed by atoms with E-state index in [1.807, 2.05) is 13.0 Å². The number of rotatable bonds is 5. The zero-order valence-corrected chi connectivity index (χ0v) is 14.0. The number of hydrazine groups is 1. The lowest BCUT2D eigenvalue weighted by Crippen LogP contribution is -2.57. The van der Waals surface area contributed by atoms with Gasteiger partial charge in [-0.2, -0.15) is 0 Å². The second kappa shape index (κ2) is 7.10. The molecule has 21 heavy (non-hydrogen) atoms. The van der Waals surface area contributed by atoms with Gasteiger partial charge in [0.25, 0.3) is 0 Å². The van der Waals surface area contributed by atoms with E-state index in [1.165, 1.54) is 18.4 Å². The normalized spacial score (nSPS) is 27.6. The molecule has 0 radical (unpaired) electrons. The van der Waals surface area contributed by atoms with Gasteiger partial charge in [-0.15, -0.1) is 0 Å². The number of nitrogens with two attached hydrogens (primary N) is 1. The van der Waals surface area contributed by atoms with Crippen LogP contribution in [0, 0.1) is 12.8 Å². The summed E-state index contributed by atoms with van der Waals surface area (Å²) in [4.78, 5) is 0. The van der Waals surface area contributed by atoms with Crippen molar-refractivity contribution in [1.29, 1.82) is 0 Å². The number of nitrogens with one attached hydrogen (secondary N) is 1. The van der Waals surface area contributed by atoms with Crippen molar-refractivity contribution in [2.75, 3.05) is 7.11 Å². The second-order valence-corrected chi connectivity index (χ2v) is 6.90. The molecule has 0 bridgehead atoms. The summed E-state index contributed by atoms with van der Waals surface area (Å²) in [5.41, 5.74) is 5.10. The average molecular weight is 311 g/mol. The Labute approximate surface area is 133 Å². The van der Waals surface area contributed by atoms with E-state index in [1.54, 1.807) is 7.11 Å². The molecule has 3 nitrogen and oxygen atoms in total. The topological polar surface area (TPSA) is 47.3 Å². The molecule has 1 aromatic rings. The van der Waals surface area contributed by atoms with E-state index < -0.39 is 0 Å². The molecular formula is C17H27ClN2O. The molecule has 3 unspecified atom stereocenters. The van der Waals surface area contributed by atoms with Crippen molar-refractivity contribution in [3.63, 3.8) is 0 Å². The van der Waals surface area contributed by atoms with Crippen LogP contribution in [0.4, 0.5) is 0 Å². The molecule has 118 valence electrons. The molecule has 3 N–H and O–H groups in total. The highest BCUT2D eigenvalue weighted by molar-refractivity contribution is 6.31. The number of methoxy groups -OCH3 is 1. The van der Waals surface area contributed by atoms with E-state index in [0.717, 1.165) is 29.8 Å². The van der Waals surface area contributed by atoms with E-state index >= 15 is 0 Å². The first-order valence-corrected chi connectivity index (χ1v) is 8.15. The Morgan fingerprint density at radius 2 is 2.29 bits per heavy atom. The molecule has 1 fully saturated rings. The van der Waals surface area contributed by atoms with E-state index in [2.05, 4.69) is 24.5 Å². The number of benzene rings is 1. The molecule has 0 spiro atoms. The Morgan fingerprint density at radius 1 is 1.52 bits per heavy atom. The fourth-order valence-corrected chi connectivity index (χ4v) is 3.93. The molecule has 0 heterocycles. The number of halogens is 1. The molecule has 1 saturated carbocycles. The number of ether oxygens (including phenoxy) is 1. The third-order valence-corrected chi connectivity index (χ3v) is 5.22. The molecular weight excluding hydrogens is 284 g/mol. The van der Waals surface area contributed by atoms with Gasteiger partial charge in [0.05, 0.1) is 11.6 Å². The summed E-state index contributed by atoms with van der Waals surface area (Å²) < 4.78 is 5.95. The Kier molecular flexibility index (Phi) is 5.67. The monoisotopic (exact) mass is 310 g/mol. The molecule has 1 aromatic carbocycles. The van der Waals surface area contributed by atoms with Crippen molar-refractivity contribution in [2.24, 2.45) is 11.8 Å². The van der Waals surface area contributed by atoms with Gasteiger partial charge in [-0.05, 0) is 49.3 Å². The predicted octanol–water partition coefficient (Wildman–Crippen LogP) is 3.62. The van der Waals surface area contributed by atoms with Gasteiger partial charge in [-0.1, -0.05) is 43.5 Å². The molecule has 0 aromatic heterocycles. The third-order valence-electron chi connectivity index (χ3n) is 4.87. The maximum Gasteiger partial charge on any atom is 0.0850 e. The first-order valence-electron chi connectivity index (χ1n) is 7.77. The smallest absolute Gasteiger partial charge is 0.0850 e. The van der Waals surface area contributed by atoms with E-state index in [4.69, 9.17) is 22.2 Å². The highest BCUT2D eigenvalue weighted by atomic mass is 35.5. The Hall–Kier alpha value is -0.610. The van der Waals surface area contributed by atoms with Crippen LogP contribution in [0.5, 0.6) is 0 Å². The lowest BCUT2D eigenvalue weighted by Gasteiger charge is -2.44. The van der Waals surface area contributed by atoms with Crippen LogP contribution in [-0.2, 0) is 11.2 Å². The van der Waals surface area contributed by atoms with Crippen LogP contribution < -0.4 is 11.3 Å². The minimum atomic E-state index is -0.194. The Bertz CT molecular complexity index is 480. The summed E-state index contributed by atoms with van der Waals surface area (Å²) in [7, 11) is 1.80. The van der Waals surface area contributed by atoms with Crippen molar-refractivity contribution in [1.82, 2.24) is 5.43 Å². The maximum absolute atomic E-state index is 6.38. The Balaban J connectivity index is 2.21. The van der Waals surface area contributed by atoms with Crippen LogP contribution in [0.2, 0.25) is 5.02 Å². The first kappa shape index (κ1) is 16.8. The predicted molar refractivity (Wildman–Crippen MR) is 88.4 cm³/mol. The molecule has 4 heteroatoms. The molecule has 0 aliphatic heterocycles. The average Bonchev–Trinajstić information content (AvgIpc) is 2.46. The zero-order chi connectivity index (χ0) is 15.5. The van der Waals surface area contributed by atoms with Gasteiger partial charge in [0, 0.05) is 12.1 Å². The van der Waals surface area contributed by atoms with Crippen molar-refractivity contribution in [3.05, 3.63) is 34.3 Å². The molecule has 1 aliphatic rings. The third kappa shape index (κ3) is 3.78. The summed E-state index contributed by atoms with van der Waals surface area (Å²) in [5, 5.41) is 0.811.